The maximum Gasteiger partial charge on any atom is 0.417 e. The lowest BCUT2D eigenvalue weighted by atomic mass is 9.94. The maximum atomic E-state index is 12.8. The van der Waals surface area contributed by atoms with Gasteiger partial charge < -0.3 is 15.3 Å². The van der Waals surface area contributed by atoms with E-state index in [2.05, 4.69) is 5.32 Å². The summed E-state index contributed by atoms with van der Waals surface area (Å²) in [5.41, 5.74) is -3.85. The van der Waals surface area contributed by atoms with Gasteiger partial charge in [0.15, 0.2) is 5.60 Å². The van der Waals surface area contributed by atoms with E-state index in [1.54, 1.807) is 0 Å². The van der Waals surface area contributed by atoms with Crippen molar-refractivity contribution in [3.05, 3.63) is 0 Å². The second kappa shape index (κ2) is 5.15. The summed E-state index contributed by atoms with van der Waals surface area (Å²) in [5, 5.41) is 12.1. The zero-order valence-electron chi connectivity index (χ0n) is 11.8. The van der Waals surface area contributed by atoms with Crippen molar-refractivity contribution >= 4 is 11.8 Å². The van der Waals surface area contributed by atoms with Gasteiger partial charge in [0.1, 0.15) is 5.41 Å². The topological polar surface area (TPSA) is 69.6 Å². The Morgan fingerprint density at radius 2 is 1.76 bits per heavy atom. The van der Waals surface area contributed by atoms with Gasteiger partial charge in [-0.3, -0.25) is 9.59 Å². The van der Waals surface area contributed by atoms with Gasteiger partial charge in [0, 0.05) is 26.6 Å². The van der Waals surface area contributed by atoms with Gasteiger partial charge in [-0.05, 0) is 25.7 Å². The van der Waals surface area contributed by atoms with E-state index >= 15 is 0 Å². The highest BCUT2D eigenvalue weighted by Gasteiger charge is 2.59. The molecule has 5 nitrogen and oxygen atoms in total. The number of hydrogen-bond acceptors (Lipinski definition) is 3. The van der Waals surface area contributed by atoms with E-state index in [1.807, 2.05) is 0 Å². The number of nitrogens with zero attached hydrogens (tertiary/aromatic N) is 1. The largest absolute Gasteiger partial charge is 0.417 e. The average Bonchev–Trinajstić information content (AvgIpc) is 3.21. The lowest BCUT2D eigenvalue weighted by Crippen LogP contribution is -2.47. The SMILES string of the molecule is CNC(=O)C1(C(=O)N2CCCC(O)(C(F)(F)F)CC2)CC1. The van der Waals surface area contributed by atoms with Crippen molar-refractivity contribution < 1.29 is 27.9 Å². The van der Waals surface area contributed by atoms with E-state index in [4.69, 9.17) is 0 Å². The summed E-state index contributed by atoms with van der Waals surface area (Å²) in [6.07, 6.45) is -4.77. The van der Waals surface area contributed by atoms with Gasteiger partial charge in [0.2, 0.25) is 11.8 Å². The third-order valence-electron chi connectivity index (χ3n) is 4.45. The van der Waals surface area contributed by atoms with E-state index < -0.39 is 35.9 Å². The lowest BCUT2D eigenvalue weighted by molar-refractivity contribution is -0.263. The summed E-state index contributed by atoms with van der Waals surface area (Å²) >= 11 is 0. The monoisotopic (exact) mass is 308 g/mol. The smallest absolute Gasteiger partial charge is 0.380 e. The Hall–Kier alpha value is -1.31. The molecule has 0 radical (unpaired) electrons. The molecule has 0 aromatic heterocycles. The summed E-state index contributed by atoms with van der Waals surface area (Å²) in [6.45, 7) is -0.0520. The quantitative estimate of drug-likeness (QED) is 0.742. The number of alkyl halides is 3. The van der Waals surface area contributed by atoms with Crippen LogP contribution in [-0.2, 0) is 9.59 Å². The first-order valence-electron chi connectivity index (χ1n) is 6.97. The molecule has 2 amide bonds. The molecule has 120 valence electrons. The van der Waals surface area contributed by atoms with E-state index in [1.165, 1.54) is 11.9 Å². The fraction of sp³-hybridized carbons (Fsp3) is 0.846. The van der Waals surface area contributed by atoms with Crippen molar-refractivity contribution in [2.45, 2.75) is 43.9 Å². The minimum atomic E-state index is -4.70. The number of likely N-dealkylation sites (tertiary alicyclic amines) is 1. The van der Waals surface area contributed by atoms with Gasteiger partial charge in [0.25, 0.3) is 0 Å². The van der Waals surface area contributed by atoms with E-state index in [0.717, 1.165) is 0 Å². The number of halogens is 3. The summed E-state index contributed by atoms with van der Waals surface area (Å²) in [4.78, 5) is 25.4. The third kappa shape index (κ3) is 2.73. The molecule has 0 spiro atoms. The molecule has 0 bridgehead atoms. The fourth-order valence-electron chi connectivity index (χ4n) is 2.81. The minimum Gasteiger partial charge on any atom is -0.380 e. The molecule has 2 fully saturated rings. The zero-order valence-corrected chi connectivity index (χ0v) is 11.8. The van der Waals surface area contributed by atoms with Crippen LogP contribution >= 0.6 is 0 Å². The molecule has 8 heteroatoms. The van der Waals surface area contributed by atoms with Gasteiger partial charge >= 0.3 is 6.18 Å². The first-order valence-corrected chi connectivity index (χ1v) is 6.97. The molecule has 0 aromatic rings. The van der Waals surface area contributed by atoms with Gasteiger partial charge in [-0.25, -0.2) is 0 Å². The van der Waals surface area contributed by atoms with E-state index in [-0.39, 0.29) is 25.4 Å². The molecule has 1 unspecified atom stereocenters. The first-order chi connectivity index (χ1) is 9.66. The normalized spacial score (nSPS) is 28.7. The Morgan fingerprint density at radius 1 is 1.14 bits per heavy atom. The van der Waals surface area contributed by atoms with Crippen LogP contribution in [0.4, 0.5) is 13.2 Å². The summed E-state index contributed by atoms with van der Waals surface area (Å²) < 4.78 is 38.5. The number of hydrogen-bond donors (Lipinski definition) is 2. The van der Waals surface area contributed by atoms with Crippen LogP contribution in [0.1, 0.15) is 32.1 Å². The van der Waals surface area contributed by atoms with E-state index in [9.17, 15) is 27.9 Å². The molecule has 1 saturated heterocycles. The average molecular weight is 308 g/mol. The maximum absolute atomic E-state index is 12.8. The molecule has 2 aliphatic rings. The zero-order chi connectivity index (χ0) is 15.9. The van der Waals surface area contributed by atoms with Crippen LogP contribution in [0.2, 0.25) is 0 Å². The van der Waals surface area contributed by atoms with Crippen molar-refractivity contribution in [1.29, 1.82) is 0 Å². The molecule has 1 aliphatic carbocycles. The molecule has 21 heavy (non-hydrogen) atoms. The summed E-state index contributed by atoms with van der Waals surface area (Å²) in [6, 6.07) is 0. The Balaban J connectivity index is 2.07. The van der Waals surface area contributed by atoms with Crippen LogP contribution in [0.3, 0.4) is 0 Å². The van der Waals surface area contributed by atoms with Crippen molar-refractivity contribution in [3.63, 3.8) is 0 Å². The molecule has 1 saturated carbocycles. The number of carbonyl (C=O) groups is 2. The van der Waals surface area contributed by atoms with Crippen molar-refractivity contribution in [2.75, 3.05) is 20.1 Å². The molecule has 0 aromatic carbocycles. The van der Waals surface area contributed by atoms with Crippen LogP contribution < -0.4 is 5.32 Å². The highest BCUT2D eigenvalue weighted by atomic mass is 19.4. The Labute approximate surface area is 120 Å². The third-order valence-corrected chi connectivity index (χ3v) is 4.45. The van der Waals surface area contributed by atoms with Crippen molar-refractivity contribution in [1.82, 2.24) is 10.2 Å². The summed E-state index contributed by atoms with van der Waals surface area (Å²) in [7, 11) is 1.43. The molecule has 1 heterocycles. The number of rotatable bonds is 2. The van der Waals surface area contributed by atoms with Crippen LogP contribution in [0.15, 0.2) is 0 Å². The predicted octanol–water partition coefficient (Wildman–Crippen LogP) is 0.818. The second-order valence-corrected chi connectivity index (χ2v) is 5.84. The molecule has 2 rings (SSSR count). The van der Waals surface area contributed by atoms with Crippen molar-refractivity contribution in [3.8, 4) is 0 Å². The van der Waals surface area contributed by atoms with Crippen LogP contribution in [0, 0.1) is 5.41 Å². The number of nitrogens with one attached hydrogen (secondary N) is 1. The van der Waals surface area contributed by atoms with Gasteiger partial charge in [0.05, 0.1) is 0 Å². The van der Waals surface area contributed by atoms with Crippen molar-refractivity contribution in [2.24, 2.45) is 5.41 Å². The second-order valence-electron chi connectivity index (χ2n) is 5.84. The van der Waals surface area contributed by atoms with Gasteiger partial charge in [-0.1, -0.05) is 0 Å². The highest BCUT2D eigenvalue weighted by Crippen LogP contribution is 2.48. The Bertz CT molecular complexity index is 448. The fourth-order valence-corrected chi connectivity index (χ4v) is 2.81. The minimum absolute atomic E-state index is 0.0611. The number of carbonyl (C=O) groups excluding carboxylic acids is 2. The van der Waals surface area contributed by atoms with E-state index in [0.29, 0.717) is 12.8 Å². The molecule has 1 atom stereocenters. The highest BCUT2D eigenvalue weighted by molar-refractivity contribution is 6.07. The number of aliphatic hydroxyl groups is 1. The molecular weight excluding hydrogens is 289 g/mol. The number of amides is 2. The molecule has 2 N–H and O–H groups in total. The van der Waals surface area contributed by atoms with Gasteiger partial charge in [-0.2, -0.15) is 13.2 Å². The predicted molar refractivity (Wildman–Crippen MR) is 67.2 cm³/mol. The summed E-state index contributed by atoms with van der Waals surface area (Å²) in [5.74, 6) is -0.809. The molecular formula is C13H19F3N2O3. The Kier molecular flexibility index (Phi) is 3.94. The Morgan fingerprint density at radius 3 is 2.24 bits per heavy atom. The van der Waals surface area contributed by atoms with Crippen LogP contribution in [0.25, 0.3) is 0 Å². The van der Waals surface area contributed by atoms with Gasteiger partial charge in [-0.15, -0.1) is 0 Å². The molecule has 1 aliphatic heterocycles. The first kappa shape index (κ1) is 16.1. The van der Waals surface area contributed by atoms with Crippen LogP contribution in [0.5, 0.6) is 0 Å². The standard InChI is InChI=1S/C13H19F3N2O3/c1-17-9(19)11(4-5-11)10(20)18-7-2-3-12(21,6-8-18)13(14,15)16/h21H,2-8H2,1H3,(H,17,19). The lowest BCUT2D eigenvalue weighted by Gasteiger charge is -2.29. The van der Waals surface area contributed by atoms with Crippen LogP contribution in [-0.4, -0.2) is 53.7 Å².